The van der Waals surface area contributed by atoms with E-state index in [-0.39, 0.29) is 30.8 Å². The number of fused-ring (bicyclic) bond motifs is 3. The Labute approximate surface area is 151 Å². The highest BCUT2D eigenvalue weighted by molar-refractivity contribution is 6.06. The van der Waals surface area contributed by atoms with E-state index in [9.17, 15) is 24.6 Å². The first-order valence-corrected chi connectivity index (χ1v) is 9.11. The van der Waals surface area contributed by atoms with Gasteiger partial charge in [0.25, 0.3) is 0 Å². The molecule has 0 bridgehead atoms. The number of imide groups is 1. The van der Waals surface area contributed by atoms with E-state index in [1.807, 2.05) is 0 Å². The van der Waals surface area contributed by atoms with Crippen molar-refractivity contribution < 1.29 is 29.3 Å². The molecule has 0 aromatic carbocycles. The average Bonchev–Trinajstić information content (AvgIpc) is 2.87. The van der Waals surface area contributed by atoms with Gasteiger partial charge in [-0.25, -0.2) is 10.2 Å². The van der Waals surface area contributed by atoms with Gasteiger partial charge in [0.1, 0.15) is 0 Å². The molecule has 3 aliphatic rings. The molecule has 1 aliphatic heterocycles. The molecule has 2 aliphatic carbocycles. The van der Waals surface area contributed by atoms with Crippen LogP contribution < -0.4 is 5.43 Å². The predicted octanol–water partition coefficient (Wildman–Crippen LogP) is -0.139. The van der Waals surface area contributed by atoms with E-state index in [4.69, 9.17) is 4.74 Å². The molecule has 0 unspecified atom stereocenters. The van der Waals surface area contributed by atoms with Crippen molar-refractivity contribution in [1.82, 2.24) is 10.3 Å². The molecule has 144 valence electrons. The van der Waals surface area contributed by atoms with Crippen LogP contribution in [0.25, 0.3) is 0 Å². The first-order valence-electron chi connectivity index (χ1n) is 9.11. The van der Waals surface area contributed by atoms with Crippen LogP contribution in [-0.2, 0) is 14.3 Å². The average molecular weight is 367 g/mol. The maximum Gasteiger partial charge on any atom is 0.427 e. The van der Waals surface area contributed by atoms with Crippen LogP contribution in [0.4, 0.5) is 4.79 Å². The number of aliphatic hydroxyl groups is 2. The smallest absolute Gasteiger partial charge is 0.427 e. The topological polar surface area (TPSA) is 129 Å². The largest absolute Gasteiger partial charge is 0.449 e. The lowest BCUT2D eigenvalue weighted by Crippen LogP contribution is -2.55. The highest BCUT2D eigenvalue weighted by atomic mass is 16.5. The molecule has 6 atom stereocenters. The molecule has 3 N–H and O–H groups in total. The number of likely N-dealkylation sites (tertiary alicyclic amines) is 1. The molecule has 1 saturated heterocycles. The molecule has 3 amide bonds. The summed E-state index contributed by atoms with van der Waals surface area (Å²) in [6, 6.07) is 0. The molecule has 3 fully saturated rings. The Morgan fingerprint density at radius 2 is 1.92 bits per heavy atom. The molecule has 1 heterocycles. The summed E-state index contributed by atoms with van der Waals surface area (Å²) < 4.78 is 4.77. The lowest BCUT2D eigenvalue weighted by atomic mass is 9.60. The van der Waals surface area contributed by atoms with Crippen LogP contribution in [0.15, 0.2) is 5.10 Å². The number of hydrogen-bond donors (Lipinski definition) is 3. The van der Waals surface area contributed by atoms with Gasteiger partial charge in [0.15, 0.2) is 0 Å². The molecular weight excluding hydrogens is 342 g/mol. The standard InChI is InChI=1S/C17H25N3O6/c1-3-20-15(23)9-6-5-8-10(18-19-17(25)26-4-2)7-11(21)14(22)12(8)13(9)16(20)24/h8-9,11-14,21-22H,3-7H2,1-2H3,(H,19,25)/t8-,9-,11-,12+,13-,14-/m1/s1. The van der Waals surface area contributed by atoms with E-state index in [0.717, 1.165) is 0 Å². The van der Waals surface area contributed by atoms with Gasteiger partial charge in [0, 0.05) is 30.5 Å². The van der Waals surface area contributed by atoms with Gasteiger partial charge in [0.05, 0.1) is 30.7 Å². The van der Waals surface area contributed by atoms with Gasteiger partial charge < -0.3 is 14.9 Å². The zero-order valence-corrected chi connectivity index (χ0v) is 14.9. The molecule has 0 aromatic rings. The molecule has 3 rings (SSSR count). The maximum absolute atomic E-state index is 12.7. The van der Waals surface area contributed by atoms with E-state index in [2.05, 4.69) is 10.5 Å². The molecule has 9 nitrogen and oxygen atoms in total. The van der Waals surface area contributed by atoms with Crippen molar-refractivity contribution in [3.63, 3.8) is 0 Å². The Morgan fingerprint density at radius 3 is 2.58 bits per heavy atom. The third-order valence-corrected chi connectivity index (χ3v) is 5.75. The first-order chi connectivity index (χ1) is 12.4. The molecule has 0 radical (unpaired) electrons. The number of hydrazone groups is 1. The summed E-state index contributed by atoms with van der Waals surface area (Å²) in [5.74, 6) is -2.46. The van der Waals surface area contributed by atoms with Crippen molar-refractivity contribution >= 4 is 23.6 Å². The number of nitrogens with one attached hydrogen (secondary N) is 1. The molecule has 9 heteroatoms. The summed E-state index contributed by atoms with van der Waals surface area (Å²) in [4.78, 5) is 37.9. The second-order valence-corrected chi connectivity index (χ2v) is 7.01. The predicted molar refractivity (Wildman–Crippen MR) is 89.8 cm³/mol. The molecule has 26 heavy (non-hydrogen) atoms. The Morgan fingerprint density at radius 1 is 1.23 bits per heavy atom. The number of aliphatic hydroxyl groups excluding tert-OH is 2. The number of amides is 3. The second-order valence-electron chi connectivity index (χ2n) is 7.01. The summed E-state index contributed by atoms with van der Waals surface area (Å²) in [7, 11) is 0. The van der Waals surface area contributed by atoms with E-state index in [0.29, 0.717) is 25.1 Å². The van der Waals surface area contributed by atoms with Crippen molar-refractivity contribution in [1.29, 1.82) is 0 Å². The van der Waals surface area contributed by atoms with Gasteiger partial charge in [-0.15, -0.1) is 0 Å². The van der Waals surface area contributed by atoms with Crippen LogP contribution in [0.1, 0.15) is 33.1 Å². The number of carbonyl (C=O) groups excluding carboxylic acids is 3. The van der Waals surface area contributed by atoms with E-state index < -0.39 is 36.1 Å². The molecule has 0 aromatic heterocycles. The van der Waals surface area contributed by atoms with Gasteiger partial charge in [0.2, 0.25) is 11.8 Å². The molecule has 0 spiro atoms. The van der Waals surface area contributed by atoms with E-state index in [1.165, 1.54) is 4.90 Å². The zero-order valence-electron chi connectivity index (χ0n) is 14.9. The quantitative estimate of drug-likeness (QED) is 0.470. The lowest BCUT2D eigenvalue weighted by molar-refractivity contribution is -0.141. The highest BCUT2D eigenvalue weighted by Crippen LogP contribution is 2.49. The van der Waals surface area contributed by atoms with Crippen molar-refractivity contribution in [2.24, 2.45) is 28.8 Å². The van der Waals surface area contributed by atoms with Crippen LogP contribution in [0.5, 0.6) is 0 Å². The van der Waals surface area contributed by atoms with E-state index >= 15 is 0 Å². The van der Waals surface area contributed by atoms with Gasteiger partial charge in [-0.05, 0) is 26.7 Å². The Kier molecular flexibility index (Phi) is 5.29. The normalized spacial score (nSPS) is 38.2. The summed E-state index contributed by atoms with van der Waals surface area (Å²) >= 11 is 0. The lowest BCUT2D eigenvalue weighted by Gasteiger charge is -2.45. The zero-order chi connectivity index (χ0) is 19.0. The minimum atomic E-state index is -1.11. The number of ether oxygens (including phenoxy) is 1. The summed E-state index contributed by atoms with van der Waals surface area (Å²) in [6.07, 6.45) is -1.72. The monoisotopic (exact) mass is 367 g/mol. The Balaban J connectivity index is 1.88. The Bertz CT molecular complexity index is 636. The van der Waals surface area contributed by atoms with Crippen molar-refractivity contribution in [2.45, 2.75) is 45.3 Å². The van der Waals surface area contributed by atoms with Gasteiger partial charge >= 0.3 is 6.09 Å². The van der Waals surface area contributed by atoms with Crippen molar-refractivity contribution in [3.05, 3.63) is 0 Å². The van der Waals surface area contributed by atoms with Gasteiger partial charge in [-0.1, -0.05) is 0 Å². The van der Waals surface area contributed by atoms with Crippen LogP contribution in [-0.4, -0.2) is 64.1 Å². The summed E-state index contributed by atoms with van der Waals surface area (Å²) in [6.45, 7) is 3.92. The number of nitrogens with zero attached hydrogens (tertiary/aromatic N) is 2. The SMILES string of the molecule is CCOC(=O)NN=C1C[C@@H](O)[C@@H](O)[C@@H]2[C@@H]3C(=O)N(CC)C(=O)[C@@H]3CC[C@H]12. The van der Waals surface area contributed by atoms with Crippen LogP contribution >= 0.6 is 0 Å². The minimum absolute atomic E-state index is 0.103. The number of hydrogen-bond acceptors (Lipinski definition) is 7. The van der Waals surface area contributed by atoms with Crippen molar-refractivity contribution in [3.8, 4) is 0 Å². The van der Waals surface area contributed by atoms with Gasteiger partial charge in [-0.2, -0.15) is 5.10 Å². The fraction of sp³-hybridized carbons (Fsp3) is 0.765. The third-order valence-electron chi connectivity index (χ3n) is 5.75. The first kappa shape index (κ1) is 18.8. The third kappa shape index (κ3) is 2.99. The van der Waals surface area contributed by atoms with Crippen LogP contribution in [0, 0.1) is 23.7 Å². The Hall–Kier alpha value is -2.00. The van der Waals surface area contributed by atoms with Crippen molar-refractivity contribution in [2.75, 3.05) is 13.2 Å². The number of rotatable bonds is 3. The summed E-state index contributed by atoms with van der Waals surface area (Å²) in [5.41, 5.74) is 2.82. The second kappa shape index (κ2) is 7.32. The molecular formula is C17H25N3O6. The summed E-state index contributed by atoms with van der Waals surface area (Å²) in [5, 5.41) is 24.9. The molecule has 2 saturated carbocycles. The fourth-order valence-electron chi connectivity index (χ4n) is 4.66. The van der Waals surface area contributed by atoms with Crippen LogP contribution in [0.3, 0.4) is 0 Å². The maximum atomic E-state index is 12.7. The van der Waals surface area contributed by atoms with Crippen LogP contribution in [0.2, 0.25) is 0 Å². The number of carbonyl (C=O) groups is 3. The highest BCUT2D eigenvalue weighted by Gasteiger charge is 2.59. The minimum Gasteiger partial charge on any atom is -0.449 e. The van der Waals surface area contributed by atoms with E-state index in [1.54, 1.807) is 13.8 Å². The van der Waals surface area contributed by atoms with Gasteiger partial charge in [-0.3, -0.25) is 14.5 Å². The fourth-order valence-corrected chi connectivity index (χ4v) is 4.66.